The van der Waals surface area contributed by atoms with E-state index in [2.05, 4.69) is 5.32 Å². The lowest BCUT2D eigenvalue weighted by Gasteiger charge is -2.34. The van der Waals surface area contributed by atoms with Gasteiger partial charge in [0.05, 0.1) is 0 Å². The van der Waals surface area contributed by atoms with Gasteiger partial charge in [-0.1, -0.05) is 18.2 Å². The number of piperazine rings is 1. The van der Waals surface area contributed by atoms with E-state index in [1.54, 1.807) is 26.8 Å². The van der Waals surface area contributed by atoms with Crippen LogP contribution < -0.4 is 10.2 Å². The molecule has 7 nitrogen and oxygen atoms in total. The zero-order chi connectivity index (χ0) is 20.2. The van der Waals surface area contributed by atoms with Gasteiger partial charge in [-0.05, 0) is 42.8 Å². The van der Waals surface area contributed by atoms with Crippen LogP contribution in [0.4, 0.5) is 16.2 Å². The zero-order valence-corrected chi connectivity index (χ0v) is 16.2. The number of carbonyl (C=O) groups excluding carboxylic acids is 3. The summed E-state index contributed by atoms with van der Waals surface area (Å²) in [5.41, 5.74) is 2.20. The molecule has 2 fully saturated rings. The molecule has 2 heterocycles. The number of nitrogens with zero attached hydrogens (tertiary/aromatic N) is 3. The van der Waals surface area contributed by atoms with E-state index in [9.17, 15) is 14.4 Å². The summed E-state index contributed by atoms with van der Waals surface area (Å²) < 4.78 is 0. The highest BCUT2D eigenvalue weighted by Gasteiger charge is 2.26. The fourth-order valence-corrected chi connectivity index (χ4v) is 3.72. The highest BCUT2D eigenvalue weighted by atomic mass is 16.2. The second kappa shape index (κ2) is 8.34. The summed E-state index contributed by atoms with van der Waals surface area (Å²) in [7, 11) is 0. The second-order valence-corrected chi connectivity index (χ2v) is 7.27. The van der Waals surface area contributed by atoms with Crippen LogP contribution in [-0.4, -0.2) is 60.4 Å². The molecule has 0 spiro atoms. The molecule has 0 saturated carbocycles. The number of urea groups is 1. The first kappa shape index (κ1) is 19.0. The van der Waals surface area contributed by atoms with Crippen LogP contribution in [0.5, 0.6) is 0 Å². The summed E-state index contributed by atoms with van der Waals surface area (Å²) in [6.45, 7) is 2.70. The molecule has 150 valence electrons. The third-order valence-corrected chi connectivity index (χ3v) is 5.38. The van der Waals surface area contributed by atoms with Crippen LogP contribution in [0.1, 0.15) is 23.2 Å². The van der Waals surface area contributed by atoms with Crippen LogP contribution in [0, 0.1) is 0 Å². The third kappa shape index (κ3) is 4.23. The summed E-state index contributed by atoms with van der Waals surface area (Å²) >= 11 is 0. The van der Waals surface area contributed by atoms with Gasteiger partial charge >= 0.3 is 6.03 Å². The molecule has 0 radical (unpaired) electrons. The Bertz CT molecular complexity index is 890. The predicted molar refractivity (Wildman–Crippen MR) is 111 cm³/mol. The van der Waals surface area contributed by atoms with E-state index in [-0.39, 0.29) is 17.8 Å². The van der Waals surface area contributed by atoms with Crippen molar-refractivity contribution in [1.82, 2.24) is 9.80 Å². The lowest BCUT2D eigenvalue weighted by Crippen LogP contribution is -2.51. The summed E-state index contributed by atoms with van der Waals surface area (Å²) in [5.74, 6) is 0.0846. The lowest BCUT2D eigenvalue weighted by molar-refractivity contribution is -0.117. The Labute approximate surface area is 169 Å². The van der Waals surface area contributed by atoms with Crippen molar-refractivity contribution in [3.05, 3.63) is 60.2 Å². The van der Waals surface area contributed by atoms with E-state index in [0.29, 0.717) is 38.2 Å². The standard InChI is InChI=1S/C22H24N4O3/c27-20-7-4-12-26(20)19-10-8-17(9-11-19)21(28)24-13-15-25(16-14-24)22(29)23-18-5-2-1-3-6-18/h1-3,5-6,8-11H,4,7,12-16H2,(H,23,29). The SMILES string of the molecule is O=C(Nc1ccccc1)N1CCN(C(=O)c2ccc(N3CCCC3=O)cc2)CC1. The minimum atomic E-state index is -0.150. The van der Waals surface area contributed by atoms with Gasteiger partial charge in [0.2, 0.25) is 5.91 Å². The van der Waals surface area contributed by atoms with Gasteiger partial charge in [-0.2, -0.15) is 0 Å². The zero-order valence-electron chi connectivity index (χ0n) is 16.2. The Morgan fingerprint density at radius 2 is 1.45 bits per heavy atom. The molecule has 2 aliphatic heterocycles. The number of amides is 4. The average Bonchev–Trinajstić information content (AvgIpc) is 3.20. The number of anilines is 2. The molecule has 29 heavy (non-hydrogen) atoms. The van der Waals surface area contributed by atoms with Crippen molar-refractivity contribution in [2.75, 3.05) is 42.9 Å². The van der Waals surface area contributed by atoms with Crippen molar-refractivity contribution in [3.63, 3.8) is 0 Å². The molecule has 0 unspecified atom stereocenters. The summed E-state index contributed by atoms with van der Waals surface area (Å²) in [6, 6.07) is 16.4. The summed E-state index contributed by atoms with van der Waals surface area (Å²) in [5, 5.41) is 2.88. The first-order valence-electron chi connectivity index (χ1n) is 9.92. The highest BCUT2D eigenvalue weighted by Crippen LogP contribution is 2.22. The molecular weight excluding hydrogens is 368 g/mol. The summed E-state index contributed by atoms with van der Waals surface area (Å²) in [4.78, 5) is 42.3. The minimum absolute atomic E-state index is 0.0487. The van der Waals surface area contributed by atoms with Gasteiger partial charge < -0.3 is 20.0 Å². The van der Waals surface area contributed by atoms with E-state index in [1.165, 1.54) is 0 Å². The first-order chi connectivity index (χ1) is 14.1. The third-order valence-electron chi connectivity index (χ3n) is 5.38. The Balaban J connectivity index is 1.32. The van der Waals surface area contributed by atoms with Gasteiger partial charge in [-0.15, -0.1) is 0 Å². The van der Waals surface area contributed by atoms with E-state index in [4.69, 9.17) is 0 Å². The Morgan fingerprint density at radius 1 is 0.793 bits per heavy atom. The van der Waals surface area contributed by atoms with Crippen molar-refractivity contribution in [2.24, 2.45) is 0 Å². The highest BCUT2D eigenvalue weighted by molar-refractivity contribution is 5.97. The van der Waals surface area contributed by atoms with Gasteiger partial charge in [0.25, 0.3) is 5.91 Å². The average molecular weight is 392 g/mol. The van der Waals surface area contributed by atoms with Gasteiger partial charge in [0.15, 0.2) is 0 Å². The van der Waals surface area contributed by atoms with E-state index in [0.717, 1.165) is 24.3 Å². The number of hydrogen-bond donors (Lipinski definition) is 1. The quantitative estimate of drug-likeness (QED) is 0.873. The number of benzene rings is 2. The number of nitrogens with one attached hydrogen (secondary N) is 1. The van der Waals surface area contributed by atoms with Gasteiger partial charge in [0.1, 0.15) is 0 Å². The summed E-state index contributed by atoms with van der Waals surface area (Å²) in [6.07, 6.45) is 1.46. The number of rotatable bonds is 3. The van der Waals surface area contributed by atoms with E-state index in [1.807, 2.05) is 42.5 Å². The van der Waals surface area contributed by atoms with Crippen molar-refractivity contribution < 1.29 is 14.4 Å². The maximum Gasteiger partial charge on any atom is 0.321 e. The maximum absolute atomic E-state index is 12.8. The minimum Gasteiger partial charge on any atom is -0.335 e. The van der Waals surface area contributed by atoms with E-state index >= 15 is 0 Å². The molecule has 0 aliphatic carbocycles. The molecule has 1 N–H and O–H groups in total. The molecule has 4 amide bonds. The Hall–Kier alpha value is -3.35. The number of para-hydroxylation sites is 1. The topological polar surface area (TPSA) is 73.0 Å². The van der Waals surface area contributed by atoms with Crippen molar-refractivity contribution >= 4 is 29.2 Å². The first-order valence-corrected chi connectivity index (χ1v) is 9.92. The van der Waals surface area contributed by atoms with Crippen LogP contribution in [0.25, 0.3) is 0 Å². The van der Waals surface area contributed by atoms with Crippen LogP contribution in [0.3, 0.4) is 0 Å². The Kier molecular flexibility index (Phi) is 5.46. The van der Waals surface area contributed by atoms with Crippen molar-refractivity contribution in [2.45, 2.75) is 12.8 Å². The molecule has 2 aromatic carbocycles. The van der Waals surface area contributed by atoms with Crippen molar-refractivity contribution in [1.29, 1.82) is 0 Å². The molecule has 0 atom stereocenters. The fraction of sp³-hybridized carbons (Fsp3) is 0.318. The largest absolute Gasteiger partial charge is 0.335 e. The molecule has 7 heteroatoms. The monoisotopic (exact) mass is 392 g/mol. The molecule has 0 aromatic heterocycles. The fourth-order valence-electron chi connectivity index (χ4n) is 3.72. The lowest BCUT2D eigenvalue weighted by atomic mass is 10.1. The number of hydrogen-bond acceptors (Lipinski definition) is 3. The van der Waals surface area contributed by atoms with Crippen LogP contribution in [0.15, 0.2) is 54.6 Å². The van der Waals surface area contributed by atoms with Gasteiger partial charge in [0, 0.05) is 56.1 Å². The normalized spacial score (nSPS) is 16.8. The molecular formula is C22H24N4O3. The second-order valence-electron chi connectivity index (χ2n) is 7.27. The molecule has 4 rings (SSSR count). The smallest absolute Gasteiger partial charge is 0.321 e. The van der Waals surface area contributed by atoms with Crippen molar-refractivity contribution in [3.8, 4) is 0 Å². The van der Waals surface area contributed by atoms with Crippen LogP contribution >= 0.6 is 0 Å². The maximum atomic E-state index is 12.8. The molecule has 2 aliphatic rings. The number of carbonyl (C=O) groups is 3. The van der Waals surface area contributed by atoms with E-state index < -0.39 is 0 Å². The van der Waals surface area contributed by atoms with Gasteiger partial charge in [-0.25, -0.2) is 4.79 Å². The van der Waals surface area contributed by atoms with Crippen LogP contribution in [0.2, 0.25) is 0 Å². The van der Waals surface area contributed by atoms with Crippen LogP contribution in [-0.2, 0) is 4.79 Å². The Morgan fingerprint density at radius 3 is 2.07 bits per heavy atom. The molecule has 2 saturated heterocycles. The van der Waals surface area contributed by atoms with Gasteiger partial charge in [-0.3, -0.25) is 9.59 Å². The molecule has 2 aromatic rings. The molecule has 0 bridgehead atoms. The predicted octanol–water partition coefficient (Wildman–Crippen LogP) is 2.80.